The van der Waals surface area contributed by atoms with E-state index in [-0.39, 0.29) is 5.95 Å². The Morgan fingerprint density at radius 3 is 2.74 bits per heavy atom. The fourth-order valence-corrected chi connectivity index (χ4v) is 2.05. The highest BCUT2D eigenvalue weighted by Gasteiger charge is 2.13. The number of hydrogen-bond donors (Lipinski definition) is 2. The fourth-order valence-electron chi connectivity index (χ4n) is 1.86. The molecular weight excluding hydrogens is 262 g/mol. The summed E-state index contributed by atoms with van der Waals surface area (Å²) in [5, 5.41) is 9.29. The molecule has 1 aromatic heterocycles. The summed E-state index contributed by atoms with van der Waals surface area (Å²) in [7, 11) is 0. The zero-order valence-electron chi connectivity index (χ0n) is 10.1. The number of rotatable bonds is 3. The van der Waals surface area contributed by atoms with Crippen LogP contribution >= 0.6 is 11.6 Å². The Labute approximate surface area is 115 Å². The van der Waals surface area contributed by atoms with Gasteiger partial charge in [0, 0.05) is 23.4 Å². The highest BCUT2D eigenvalue weighted by Crippen LogP contribution is 2.30. The Balaban J connectivity index is 2.57. The molecule has 1 heterocycles. The molecule has 0 spiro atoms. The largest absolute Gasteiger partial charge is 0.383 e. The van der Waals surface area contributed by atoms with E-state index < -0.39 is 0 Å². The zero-order chi connectivity index (χ0) is 13.8. The van der Waals surface area contributed by atoms with Gasteiger partial charge >= 0.3 is 0 Å². The topological polar surface area (TPSA) is 102 Å². The monoisotopic (exact) mass is 273 g/mol. The maximum Gasteiger partial charge on any atom is 0.222 e. The number of nitriles is 1. The lowest BCUT2D eigenvalue weighted by molar-refractivity contribution is 0.945. The quantitative estimate of drug-likeness (QED) is 0.894. The molecule has 96 valence electrons. The Hall–Kier alpha value is -2.32. The third-order valence-corrected chi connectivity index (χ3v) is 2.85. The molecule has 0 unspecified atom stereocenters. The minimum absolute atomic E-state index is 0.108. The van der Waals surface area contributed by atoms with Crippen LogP contribution in [-0.2, 0) is 6.42 Å². The first kappa shape index (κ1) is 13.1. The van der Waals surface area contributed by atoms with Crippen molar-refractivity contribution in [3.63, 3.8) is 0 Å². The summed E-state index contributed by atoms with van der Waals surface area (Å²) in [6.45, 7) is 0. The first-order chi connectivity index (χ1) is 9.11. The molecule has 6 heteroatoms. The first-order valence-electron chi connectivity index (χ1n) is 5.66. The van der Waals surface area contributed by atoms with Gasteiger partial charge in [0.1, 0.15) is 5.82 Å². The zero-order valence-corrected chi connectivity index (χ0v) is 10.9. The smallest absolute Gasteiger partial charge is 0.222 e. The molecule has 2 aromatic rings. The fraction of sp³-hybridized carbons (Fsp3) is 0.154. The Kier molecular flexibility index (Phi) is 3.83. The van der Waals surface area contributed by atoms with Crippen molar-refractivity contribution in [3.8, 4) is 17.2 Å². The Morgan fingerprint density at radius 1 is 1.26 bits per heavy atom. The highest BCUT2D eigenvalue weighted by molar-refractivity contribution is 6.30. The van der Waals surface area contributed by atoms with Crippen molar-refractivity contribution in [1.82, 2.24) is 9.97 Å². The lowest BCUT2D eigenvalue weighted by Crippen LogP contribution is -2.06. The van der Waals surface area contributed by atoms with Gasteiger partial charge in [0.05, 0.1) is 11.8 Å². The van der Waals surface area contributed by atoms with E-state index in [0.717, 1.165) is 5.56 Å². The molecule has 0 fully saturated rings. The van der Waals surface area contributed by atoms with Crippen molar-refractivity contribution >= 4 is 23.4 Å². The normalized spacial score (nSPS) is 10.1. The number of nitrogens with two attached hydrogens (primary N) is 2. The van der Waals surface area contributed by atoms with E-state index in [2.05, 4.69) is 16.0 Å². The van der Waals surface area contributed by atoms with Gasteiger partial charge in [-0.1, -0.05) is 23.7 Å². The second kappa shape index (κ2) is 5.55. The molecule has 0 saturated heterocycles. The van der Waals surface area contributed by atoms with Crippen molar-refractivity contribution in [3.05, 3.63) is 35.0 Å². The molecule has 0 saturated carbocycles. The maximum atomic E-state index is 8.69. The third-order valence-electron chi connectivity index (χ3n) is 2.62. The van der Waals surface area contributed by atoms with E-state index in [0.29, 0.717) is 34.9 Å². The van der Waals surface area contributed by atoms with Crippen LogP contribution in [0.15, 0.2) is 24.3 Å². The van der Waals surface area contributed by atoms with Crippen molar-refractivity contribution in [2.45, 2.75) is 12.8 Å². The number of benzene rings is 1. The van der Waals surface area contributed by atoms with Crippen molar-refractivity contribution in [2.24, 2.45) is 0 Å². The summed E-state index contributed by atoms with van der Waals surface area (Å²) in [5.74, 6) is 0.402. The molecule has 5 nitrogen and oxygen atoms in total. The van der Waals surface area contributed by atoms with Crippen LogP contribution in [0.5, 0.6) is 0 Å². The third kappa shape index (κ3) is 2.92. The highest BCUT2D eigenvalue weighted by atomic mass is 35.5. The lowest BCUT2D eigenvalue weighted by Gasteiger charge is -2.11. The van der Waals surface area contributed by atoms with Gasteiger partial charge in [-0.15, -0.1) is 0 Å². The van der Waals surface area contributed by atoms with E-state index >= 15 is 0 Å². The molecular formula is C13H12ClN5. The predicted octanol–water partition coefficient (Wildman–Crippen LogP) is 2.42. The number of hydrogen-bond acceptors (Lipinski definition) is 5. The molecule has 0 bridgehead atoms. The molecule has 1 aromatic carbocycles. The van der Waals surface area contributed by atoms with Crippen LogP contribution in [0.2, 0.25) is 5.02 Å². The molecule has 0 aliphatic heterocycles. The summed E-state index contributed by atoms with van der Waals surface area (Å²) < 4.78 is 0. The van der Waals surface area contributed by atoms with Crippen LogP contribution in [0, 0.1) is 11.3 Å². The van der Waals surface area contributed by atoms with Crippen LogP contribution < -0.4 is 11.5 Å². The van der Waals surface area contributed by atoms with E-state index in [1.807, 2.05) is 12.1 Å². The number of aromatic nitrogens is 2. The molecule has 0 amide bonds. The van der Waals surface area contributed by atoms with Gasteiger partial charge < -0.3 is 11.5 Å². The molecule has 0 atom stereocenters. The lowest BCUT2D eigenvalue weighted by atomic mass is 10.0. The number of aryl methyl sites for hydroxylation is 1. The van der Waals surface area contributed by atoms with E-state index in [1.165, 1.54) is 0 Å². The van der Waals surface area contributed by atoms with Gasteiger partial charge in [0.2, 0.25) is 5.95 Å². The molecule has 2 rings (SSSR count). The van der Waals surface area contributed by atoms with Crippen LogP contribution in [-0.4, -0.2) is 9.97 Å². The second-order valence-electron chi connectivity index (χ2n) is 3.96. The van der Waals surface area contributed by atoms with Crippen molar-refractivity contribution in [1.29, 1.82) is 5.26 Å². The van der Waals surface area contributed by atoms with E-state index in [9.17, 15) is 0 Å². The van der Waals surface area contributed by atoms with Crippen LogP contribution in [0.1, 0.15) is 12.1 Å². The van der Waals surface area contributed by atoms with E-state index in [1.54, 1.807) is 12.1 Å². The average Bonchev–Trinajstić information content (AvgIpc) is 2.35. The van der Waals surface area contributed by atoms with Crippen molar-refractivity contribution < 1.29 is 0 Å². The van der Waals surface area contributed by atoms with Gasteiger partial charge in [-0.25, -0.2) is 4.98 Å². The van der Waals surface area contributed by atoms with E-state index in [4.69, 9.17) is 28.3 Å². The molecule has 0 radical (unpaired) electrons. The Morgan fingerprint density at radius 2 is 2.05 bits per heavy atom. The first-order valence-corrected chi connectivity index (χ1v) is 6.04. The van der Waals surface area contributed by atoms with Gasteiger partial charge in [-0.3, -0.25) is 0 Å². The minimum atomic E-state index is 0.108. The van der Waals surface area contributed by atoms with Crippen LogP contribution in [0.4, 0.5) is 11.8 Å². The van der Waals surface area contributed by atoms with Gasteiger partial charge in [0.25, 0.3) is 0 Å². The Bertz CT molecular complexity index is 648. The summed E-state index contributed by atoms with van der Waals surface area (Å²) in [5.41, 5.74) is 13.7. The minimum Gasteiger partial charge on any atom is -0.383 e. The SMILES string of the molecule is N#CCCc1nc(N)nc(N)c1-c1cccc(Cl)c1. The molecule has 4 N–H and O–H groups in total. The van der Waals surface area contributed by atoms with Crippen molar-refractivity contribution in [2.75, 3.05) is 11.5 Å². The second-order valence-corrected chi connectivity index (χ2v) is 4.39. The summed E-state index contributed by atoms with van der Waals surface area (Å²) in [6.07, 6.45) is 0.804. The molecule has 0 aliphatic rings. The maximum absolute atomic E-state index is 8.69. The predicted molar refractivity (Wildman–Crippen MR) is 75.2 cm³/mol. The molecule has 19 heavy (non-hydrogen) atoms. The standard InChI is InChI=1S/C13H12ClN5/c14-9-4-1-3-8(7-9)11-10(5-2-6-15)18-13(17)19-12(11)16/h1,3-4,7H,2,5H2,(H4,16,17,18,19). The average molecular weight is 274 g/mol. The number of halogens is 1. The van der Waals surface area contributed by atoms with Crippen LogP contribution in [0.3, 0.4) is 0 Å². The van der Waals surface area contributed by atoms with Gasteiger partial charge in [0.15, 0.2) is 0 Å². The van der Waals surface area contributed by atoms with Crippen LogP contribution in [0.25, 0.3) is 11.1 Å². The summed E-state index contributed by atoms with van der Waals surface area (Å²) >= 11 is 5.98. The summed E-state index contributed by atoms with van der Waals surface area (Å²) in [4.78, 5) is 8.14. The van der Waals surface area contributed by atoms with Gasteiger partial charge in [-0.2, -0.15) is 10.2 Å². The van der Waals surface area contributed by atoms with Gasteiger partial charge in [-0.05, 0) is 17.7 Å². The summed E-state index contributed by atoms with van der Waals surface area (Å²) in [6, 6.07) is 9.32. The number of anilines is 2. The molecule has 0 aliphatic carbocycles. The number of nitrogens with zero attached hydrogens (tertiary/aromatic N) is 3. The number of nitrogen functional groups attached to an aromatic ring is 2.